The molecule has 0 unspecified atom stereocenters. The van der Waals surface area contributed by atoms with Crippen LogP contribution in [-0.4, -0.2) is 29.5 Å². The van der Waals surface area contributed by atoms with E-state index in [2.05, 4.69) is 15.3 Å². The van der Waals surface area contributed by atoms with Gasteiger partial charge in [0.25, 0.3) is 5.91 Å². The van der Waals surface area contributed by atoms with E-state index in [1.165, 1.54) is 0 Å². The molecular weight excluding hydrogens is 354 g/mol. The maximum atomic E-state index is 12.4. The Morgan fingerprint density at radius 1 is 1.07 bits per heavy atom. The number of para-hydroxylation sites is 1. The normalized spacial score (nSPS) is 10.8. The minimum Gasteiger partial charge on any atom is -0.493 e. The Morgan fingerprint density at radius 2 is 1.86 bits per heavy atom. The molecule has 0 radical (unpaired) electrons. The van der Waals surface area contributed by atoms with Crippen molar-refractivity contribution in [2.75, 3.05) is 13.7 Å². The Balaban J connectivity index is 1.37. The smallest absolute Gasteiger partial charge is 0.287 e. The average Bonchev–Trinajstić information content (AvgIpc) is 3.19. The Hall–Kier alpha value is -3.67. The largest absolute Gasteiger partial charge is 0.493 e. The van der Waals surface area contributed by atoms with Crippen LogP contribution < -0.4 is 10.1 Å². The van der Waals surface area contributed by atoms with Crippen molar-refractivity contribution in [3.05, 3.63) is 78.3 Å². The molecule has 0 saturated heterocycles. The zero-order valence-corrected chi connectivity index (χ0v) is 15.4. The summed E-state index contributed by atoms with van der Waals surface area (Å²) in [6.45, 7) is 0.459. The molecule has 0 aliphatic heterocycles. The molecule has 1 amide bonds. The molecule has 0 aliphatic rings. The second-order valence-electron chi connectivity index (χ2n) is 6.28. The zero-order chi connectivity index (χ0) is 19.3. The molecule has 0 saturated carbocycles. The summed E-state index contributed by atoms with van der Waals surface area (Å²) in [5.41, 5.74) is 2.49. The molecule has 2 aromatic heterocycles. The van der Waals surface area contributed by atoms with E-state index in [4.69, 9.17) is 9.15 Å². The highest BCUT2D eigenvalue weighted by molar-refractivity contribution is 5.97. The van der Waals surface area contributed by atoms with Gasteiger partial charge in [0.15, 0.2) is 22.9 Å². The Labute approximate surface area is 162 Å². The Morgan fingerprint density at radius 3 is 2.61 bits per heavy atom. The number of furan rings is 1. The highest BCUT2D eigenvalue weighted by Gasteiger charge is 2.14. The number of ether oxygens (including phenoxy) is 1. The van der Waals surface area contributed by atoms with Crippen molar-refractivity contribution >= 4 is 16.9 Å². The summed E-state index contributed by atoms with van der Waals surface area (Å²) in [7, 11) is 1.57. The van der Waals surface area contributed by atoms with Gasteiger partial charge in [0, 0.05) is 29.9 Å². The highest BCUT2D eigenvalue weighted by Crippen LogP contribution is 2.28. The molecule has 0 spiro atoms. The van der Waals surface area contributed by atoms with E-state index >= 15 is 0 Å². The number of nitrogens with zero attached hydrogens (tertiary/aromatic N) is 2. The van der Waals surface area contributed by atoms with Gasteiger partial charge >= 0.3 is 0 Å². The third kappa shape index (κ3) is 3.71. The van der Waals surface area contributed by atoms with E-state index in [9.17, 15) is 4.79 Å². The second-order valence-corrected chi connectivity index (χ2v) is 6.28. The lowest BCUT2D eigenvalue weighted by Gasteiger charge is -2.04. The fourth-order valence-electron chi connectivity index (χ4n) is 2.94. The molecular formula is C22H19N3O3. The lowest BCUT2D eigenvalue weighted by molar-refractivity contribution is 0.0928. The van der Waals surface area contributed by atoms with Crippen molar-refractivity contribution < 1.29 is 13.9 Å². The van der Waals surface area contributed by atoms with Crippen molar-refractivity contribution in [2.45, 2.75) is 6.42 Å². The van der Waals surface area contributed by atoms with Gasteiger partial charge in [-0.05, 0) is 24.1 Å². The lowest BCUT2D eigenvalue weighted by Crippen LogP contribution is -2.25. The molecule has 140 valence electrons. The molecule has 2 heterocycles. The molecule has 2 aromatic carbocycles. The van der Waals surface area contributed by atoms with Crippen LogP contribution in [-0.2, 0) is 6.42 Å². The van der Waals surface area contributed by atoms with E-state index in [-0.39, 0.29) is 11.7 Å². The quantitative estimate of drug-likeness (QED) is 0.555. The minimum absolute atomic E-state index is 0.259. The summed E-state index contributed by atoms with van der Waals surface area (Å²) < 4.78 is 10.9. The van der Waals surface area contributed by atoms with E-state index in [1.54, 1.807) is 31.6 Å². The monoisotopic (exact) mass is 373 g/mol. The molecule has 4 aromatic rings. The third-order valence-electron chi connectivity index (χ3n) is 4.39. The predicted octanol–water partition coefficient (Wildman–Crippen LogP) is 3.87. The Kier molecular flexibility index (Phi) is 5.01. The van der Waals surface area contributed by atoms with Gasteiger partial charge < -0.3 is 14.5 Å². The van der Waals surface area contributed by atoms with Gasteiger partial charge in [0.1, 0.15) is 0 Å². The fourth-order valence-corrected chi connectivity index (χ4v) is 2.94. The van der Waals surface area contributed by atoms with Crippen LogP contribution in [0.1, 0.15) is 16.1 Å². The zero-order valence-electron chi connectivity index (χ0n) is 15.4. The maximum Gasteiger partial charge on any atom is 0.287 e. The summed E-state index contributed by atoms with van der Waals surface area (Å²) in [5, 5.41) is 3.69. The van der Waals surface area contributed by atoms with Crippen LogP contribution in [0.15, 0.2) is 71.4 Å². The first-order valence-corrected chi connectivity index (χ1v) is 8.95. The number of fused-ring (bicyclic) bond motifs is 1. The first-order chi connectivity index (χ1) is 13.7. The molecule has 1 N–H and O–H groups in total. The van der Waals surface area contributed by atoms with Gasteiger partial charge in [-0.1, -0.05) is 42.5 Å². The van der Waals surface area contributed by atoms with E-state index in [0.29, 0.717) is 30.1 Å². The molecule has 6 nitrogen and oxygen atoms in total. The van der Waals surface area contributed by atoms with Gasteiger partial charge in [-0.3, -0.25) is 4.79 Å². The van der Waals surface area contributed by atoms with Gasteiger partial charge in [-0.15, -0.1) is 0 Å². The summed E-state index contributed by atoms with van der Waals surface area (Å²) in [6.07, 6.45) is 4.20. The standard InChI is InChI=1S/C22H19N3O3/c1-27-18-9-5-8-17-12-19(28-20(17)18)22(26)23-11-10-15-13-24-21(25-14-15)16-6-3-2-4-7-16/h2-9,12-14H,10-11H2,1H3,(H,23,26). The van der Waals surface area contributed by atoms with Crippen LogP contribution in [0.3, 0.4) is 0 Å². The minimum atomic E-state index is -0.264. The number of rotatable bonds is 6. The maximum absolute atomic E-state index is 12.4. The first-order valence-electron chi connectivity index (χ1n) is 8.95. The van der Waals surface area contributed by atoms with Gasteiger partial charge in [-0.25, -0.2) is 9.97 Å². The molecule has 0 aliphatic carbocycles. The van der Waals surface area contributed by atoms with Crippen LogP contribution in [0.25, 0.3) is 22.4 Å². The summed E-state index contributed by atoms with van der Waals surface area (Å²) in [5.74, 6) is 1.28. The molecule has 6 heteroatoms. The number of carbonyl (C=O) groups is 1. The lowest BCUT2D eigenvalue weighted by atomic mass is 10.2. The van der Waals surface area contributed by atoms with Crippen molar-refractivity contribution in [3.63, 3.8) is 0 Å². The van der Waals surface area contributed by atoms with Crippen LogP contribution in [0.5, 0.6) is 5.75 Å². The number of methoxy groups -OCH3 is 1. The summed E-state index contributed by atoms with van der Waals surface area (Å²) in [4.78, 5) is 21.2. The van der Waals surface area contributed by atoms with Crippen LogP contribution in [0, 0.1) is 0 Å². The van der Waals surface area contributed by atoms with E-state index in [1.807, 2.05) is 42.5 Å². The highest BCUT2D eigenvalue weighted by atomic mass is 16.5. The second kappa shape index (κ2) is 7.92. The van der Waals surface area contributed by atoms with E-state index in [0.717, 1.165) is 16.5 Å². The topological polar surface area (TPSA) is 77.2 Å². The molecule has 0 fully saturated rings. The van der Waals surface area contributed by atoms with E-state index < -0.39 is 0 Å². The number of nitrogens with one attached hydrogen (secondary N) is 1. The molecule has 4 rings (SSSR count). The van der Waals surface area contributed by atoms with Gasteiger partial charge in [0.05, 0.1) is 7.11 Å². The number of hydrogen-bond acceptors (Lipinski definition) is 5. The van der Waals surface area contributed by atoms with Crippen LogP contribution in [0.4, 0.5) is 0 Å². The van der Waals surface area contributed by atoms with Crippen molar-refractivity contribution in [2.24, 2.45) is 0 Å². The number of benzene rings is 2. The molecule has 28 heavy (non-hydrogen) atoms. The van der Waals surface area contributed by atoms with Gasteiger partial charge in [-0.2, -0.15) is 0 Å². The summed E-state index contributed by atoms with van der Waals surface area (Å²) in [6, 6.07) is 17.1. The Bertz CT molecular complexity index is 1090. The first kappa shape index (κ1) is 17.7. The van der Waals surface area contributed by atoms with Crippen LogP contribution in [0.2, 0.25) is 0 Å². The fraction of sp³-hybridized carbons (Fsp3) is 0.136. The summed E-state index contributed by atoms with van der Waals surface area (Å²) >= 11 is 0. The predicted molar refractivity (Wildman–Crippen MR) is 106 cm³/mol. The number of aromatic nitrogens is 2. The number of amides is 1. The SMILES string of the molecule is COc1cccc2cc(C(=O)NCCc3cnc(-c4ccccc4)nc3)oc12. The van der Waals surface area contributed by atoms with Crippen molar-refractivity contribution in [1.82, 2.24) is 15.3 Å². The molecule has 0 atom stereocenters. The van der Waals surface area contributed by atoms with Crippen molar-refractivity contribution in [1.29, 1.82) is 0 Å². The number of hydrogen-bond donors (Lipinski definition) is 1. The van der Waals surface area contributed by atoms with Gasteiger partial charge in [0.2, 0.25) is 0 Å². The van der Waals surface area contributed by atoms with Crippen molar-refractivity contribution in [3.8, 4) is 17.1 Å². The third-order valence-corrected chi connectivity index (χ3v) is 4.39. The number of carbonyl (C=O) groups excluding carboxylic acids is 1. The molecule has 0 bridgehead atoms. The van der Waals surface area contributed by atoms with Crippen LogP contribution >= 0.6 is 0 Å². The average molecular weight is 373 g/mol.